The molecule has 2 aromatic carbocycles. The molecule has 2 saturated heterocycles. The number of amides is 1. The summed E-state index contributed by atoms with van der Waals surface area (Å²) >= 11 is 0. The number of nitrogens with zero attached hydrogens (tertiary/aromatic N) is 3. The van der Waals surface area contributed by atoms with Crippen molar-refractivity contribution in [3.05, 3.63) is 59.9 Å². The number of para-hydroxylation sites is 1. The lowest BCUT2D eigenvalue weighted by Gasteiger charge is -2.30. The molecule has 4 heterocycles. The fraction of sp³-hybridized carbons (Fsp3) is 0.448. The summed E-state index contributed by atoms with van der Waals surface area (Å²) in [5, 5.41) is 15.6. The van der Waals surface area contributed by atoms with Gasteiger partial charge in [-0.2, -0.15) is 0 Å². The van der Waals surface area contributed by atoms with Crippen LogP contribution in [0.25, 0.3) is 10.9 Å². The van der Waals surface area contributed by atoms with Crippen LogP contribution in [0.2, 0.25) is 0 Å². The highest BCUT2D eigenvalue weighted by atomic mass is 19.1. The third-order valence-corrected chi connectivity index (χ3v) is 7.79. The Labute approximate surface area is 221 Å². The monoisotopic (exact) mass is 520 g/mol. The molecule has 200 valence electrons. The number of carbonyl (C=O) groups excluding carboxylic acids is 1. The molecule has 0 saturated carbocycles. The fourth-order valence-corrected chi connectivity index (χ4v) is 5.72. The first-order chi connectivity index (χ1) is 18.5. The molecule has 1 aromatic heterocycles. The van der Waals surface area contributed by atoms with E-state index in [1.807, 2.05) is 30.3 Å². The number of hydrogen-bond donors (Lipinski definition) is 2. The van der Waals surface area contributed by atoms with E-state index < -0.39 is 18.0 Å². The zero-order chi connectivity index (χ0) is 26.1. The number of hydrogen-bond acceptors (Lipinski definition) is 7. The van der Waals surface area contributed by atoms with Crippen LogP contribution in [0.3, 0.4) is 0 Å². The molecule has 1 amide bonds. The van der Waals surface area contributed by atoms with Crippen LogP contribution in [0.4, 0.5) is 10.2 Å². The van der Waals surface area contributed by atoms with Gasteiger partial charge < -0.3 is 29.7 Å². The van der Waals surface area contributed by atoms with Gasteiger partial charge in [-0.25, -0.2) is 9.37 Å². The lowest BCUT2D eigenvalue weighted by Crippen LogP contribution is -2.48. The van der Waals surface area contributed by atoms with Crippen molar-refractivity contribution in [3.63, 3.8) is 0 Å². The van der Waals surface area contributed by atoms with Crippen LogP contribution in [-0.2, 0) is 4.79 Å². The van der Waals surface area contributed by atoms with Crippen molar-refractivity contribution in [2.75, 3.05) is 50.8 Å². The Kier molecular flexibility index (Phi) is 7.04. The lowest BCUT2D eigenvalue weighted by molar-refractivity contribution is -0.126. The predicted molar refractivity (Wildman–Crippen MR) is 142 cm³/mol. The van der Waals surface area contributed by atoms with Gasteiger partial charge in [-0.15, -0.1) is 0 Å². The highest BCUT2D eigenvalue weighted by molar-refractivity contribution is 5.82. The van der Waals surface area contributed by atoms with E-state index >= 15 is 0 Å². The number of pyridine rings is 1. The molecule has 0 aliphatic carbocycles. The van der Waals surface area contributed by atoms with Gasteiger partial charge >= 0.3 is 0 Å². The van der Waals surface area contributed by atoms with Crippen LogP contribution >= 0.6 is 0 Å². The van der Waals surface area contributed by atoms with Crippen molar-refractivity contribution >= 4 is 22.6 Å². The summed E-state index contributed by atoms with van der Waals surface area (Å²) in [6, 6.07) is 14.4. The van der Waals surface area contributed by atoms with E-state index in [0.29, 0.717) is 31.7 Å². The number of aliphatic hydroxyl groups excluding tert-OH is 1. The van der Waals surface area contributed by atoms with Gasteiger partial charge in [0, 0.05) is 25.0 Å². The smallest absolute Gasteiger partial charge is 0.225 e. The molecule has 0 unspecified atom stereocenters. The second kappa shape index (κ2) is 10.7. The molecule has 8 nitrogen and oxygen atoms in total. The Hall–Kier alpha value is -3.43. The number of fused-ring (bicyclic) bond motifs is 2. The van der Waals surface area contributed by atoms with E-state index in [1.165, 1.54) is 6.07 Å². The summed E-state index contributed by atoms with van der Waals surface area (Å²) in [5.74, 6) is 0.311. The number of ether oxygens (including phenoxy) is 2. The highest BCUT2D eigenvalue weighted by Crippen LogP contribution is 2.36. The number of benzene rings is 2. The number of nitrogens with one attached hydrogen (secondary N) is 1. The Balaban J connectivity index is 1.17. The average Bonchev–Trinajstić information content (AvgIpc) is 3.65. The van der Waals surface area contributed by atoms with Crippen molar-refractivity contribution in [2.24, 2.45) is 5.92 Å². The van der Waals surface area contributed by atoms with Crippen molar-refractivity contribution in [2.45, 2.75) is 31.4 Å². The quantitative estimate of drug-likeness (QED) is 0.495. The number of rotatable bonds is 7. The molecule has 3 aliphatic heterocycles. The number of anilines is 1. The van der Waals surface area contributed by atoms with Crippen LogP contribution in [0.5, 0.6) is 11.5 Å². The topological polar surface area (TPSA) is 87.2 Å². The third-order valence-electron chi connectivity index (χ3n) is 7.79. The molecule has 3 atom stereocenters. The molecular formula is C29H33FN4O4. The Morgan fingerprint density at radius 1 is 1.11 bits per heavy atom. The number of halogens is 1. The largest absolute Gasteiger partial charge is 0.486 e. The van der Waals surface area contributed by atoms with E-state index in [9.17, 15) is 14.3 Å². The van der Waals surface area contributed by atoms with Gasteiger partial charge in [0.1, 0.15) is 25.1 Å². The molecule has 3 aliphatic rings. The molecule has 3 aromatic rings. The van der Waals surface area contributed by atoms with Crippen LogP contribution in [-0.4, -0.2) is 72.9 Å². The first-order valence-corrected chi connectivity index (χ1v) is 13.5. The van der Waals surface area contributed by atoms with Gasteiger partial charge in [-0.05, 0) is 68.2 Å². The highest BCUT2D eigenvalue weighted by Gasteiger charge is 2.34. The molecule has 6 rings (SSSR count). The van der Waals surface area contributed by atoms with E-state index in [4.69, 9.17) is 14.5 Å². The van der Waals surface area contributed by atoms with Crippen LogP contribution in [0, 0.1) is 11.7 Å². The summed E-state index contributed by atoms with van der Waals surface area (Å²) in [7, 11) is 0. The maximum Gasteiger partial charge on any atom is 0.225 e. The van der Waals surface area contributed by atoms with E-state index in [0.717, 1.165) is 49.2 Å². The van der Waals surface area contributed by atoms with Crippen LogP contribution in [0.1, 0.15) is 30.9 Å². The summed E-state index contributed by atoms with van der Waals surface area (Å²) in [6.07, 6.45) is 1.78. The molecule has 2 fully saturated rings. The summed E-state index contributed by atoms with van der Waals surface area (Å²) in [6.45, 7) is 4.22. The lowest BCUT2D eigenvalue weighted by atomic mass is 9.99. The number of likely N-dealkylation sites (tertiary alicyclic amines) is 1. The summed E-state index contributed by atoms with van der Waals surface area (Å²) < 4.78 is 25.7. The van der Waals surface area contributed by atoms with Gasteiger partial charge in [-0.3, -0.25) is 4.79 Å². The fourth-order valence-electron chi connectivity index (χ4n) is 5.72. The maximum absolute atomic E-state index is 14.7. The first-order valence-electron chi connectivity index (χ1n) is 13.5. The summed E-state index contributed by atoms with van der Waals surface area (Å²) in [4.78, 5) is 22.6. The Bertz CT molecular complexity index is 1310. The third kappa shape index (κ3) is 5.13. The molecule has 2 N–H and O–H groups in total. The van der Waals surface area contributed by atoms with Gasteiger partial charge in [0.2, 0.25) is 5.91 Å². The zero-order valence-electron chi connectivity index (χ0n) is 21.3. The van der Waals surface area contributed by atoms with E-state index in [1.54, 1.807) is 6.07 Å². The first kappa shape index (κ1) is 24.9. The minimum atomic E-state index is -1.09. The van der Waals surface area contributed by atoms with E-state index in [2.05, 4.69) is 21.2 Å². The molecule has 0 bridgehead atoms. The normalized spacial score (nSPS) is 21.0. The van der Waals surface area contributed by atoms with Crippen molar-refractivity contribution in [1.82, 2.24) is 15.2 Å². The number of carbonyl (C=O) groups is 1. The van der Waals surface area contributed by atoms with E-state index in [-0.39, 0.29) is 29.9 Å². The molecule has 38 heavy (non-hydrogen) atoms. The second-order valence-corrected chi connectivity index (χ2v) is 10.4. The molecule has 0 spiro atoms. The standard InChI is InChI=1S/C29H33FN4O4/c30-22-15-21(16-25-28(22)38-14-13-37-25)27(35)24(18-33-10-3-4-11-33)32-29(36)20-9-12-34(17-20)26-8-7-19-5-1-2-6-23(19)31-26/h1-2,5-8,15-16,20,24,27,35H,3-4,9-14,17-18H2,(H,32,36)/t20-,24+,27+/m0/s1. The van der Waals surface area contributed by atoms with Gasteiger partial charge in [0.15, 0.2) is 17.3 Å². The minimum Gasteiger partial charge on any atom is -0.486 e. The predicted octanol–water partition coefficient (Wildman–Crippen LogP) is 3.29. The second-order valence-electron chi connectivity index (χ2n) is 10.4. The van der Waals surface area contributed by atoms with Crippen molar-refractivity contribution in [1.29, 1.82) is 0 Å². The average molecular weight is 521 g/mol. The van der Waals surface area contributed by atoms with Gasteiger partial charge in [-0.1, -0.05) is 18.2 Å². The maximum atomic E-state index is 14.7. The van der Waals surface area contributed by atoms with Crippen LogP contribution < -0.4 is 19.7 Å². The van der Waals surface area contributed by atoms with Crippen LogP contribution in [0.15, 0.2) is 48.5 Å². The molecule has 0 radical (unpaired) electrons. The van der Waals surface area contributed by atoms with Gasteiger partial charge in [0.05, 0.1) is 17.5 Å². The number of aliphatic hydroxyl groups is 1. The Morgan fingerprint density at radius 2 is 1.92 bits per heavy atom. The molecular weight excluding hydrogens is 487 g/mol. The van der Waals surface area contributed by atoms with Crippen molar-refractivity contribution in [3.8, 4) is 11.5 Å². The zero-order valence-corrected chi connectivity index (χ0v) is 21.3. The van der Waals surface area contributed by atoms with Crippen molar-refractivity contribution < 1.29 is 23.8 Å². The molecule has 9 heteroatoms. The summed E-state index contributed by atoms with van der Waals surface area (Å²) in [5.41, 5.74) is 1.29. The SMILES string of the molecule is O=C(N[C@H](CN1CCCC1)[C@H](O)c1cc(F)c2c(c1)OCCO2)[C@H]1CCN(c2ccc3ccccc3n2)C1. The van der Waals surface area contributed by atoms with Gasteiger partial charge in [0.25, 0.3) is 0 Å². The number of aromatic nitrogens is 1. The minimum absolute atomic E-state index is 0.0701. The Morgan fingerprint density at radius 3 is 2.79 bits per heavy atom.